The Morgan fingerprint density at radius 2 is 1.67 bits per heavy atom. The van der Waals surface area contributed by atoms with Gasteiger partial charge in [0.2, 0.25) is 11.8 Å². The molecular weight excluding hydrogens is 424 g/mol. The summed E-state index contributed by atoms with van der Waals surface area (Å²) in [4.78, 5) is 39.2. The predicted molar refractivity (Wildman–Crippen MR) is 120 cm³/mol. The summed E-state index contributed by atoms with van der Waals surface area (Å²) in [6.07, 6.45) is 1.43. The average Bonchev–Trinajstić information content (AvgIpc) is 3.50. The number of hydrazine groups is 1. The normalized spacial score (nSPS) is 10.5. The van der Waals surface area contributed by atoms with Crippen LogP contribution in [0.15, 0.2) is 77.4 Å². The van der Waals surface area contributed by atoms with Crippen LogP contribution in [0.4, 0.5) is 0 Å². The first kappa shape index (κ1) is 21.7. The molecule has 9 nitrogen and oxygen atoms in total. The fraction of sp³-hybridized carbons (Fsp3) is 0.125. The van der Waals surface area contributed by atoms with Crippen molar-refractivity contribution in [3.05, 3.63) is 84.4 Å². The molecule has 3 amide bonds. The molecule has 0 unspecified atom stereocenters. The van der Waals surface area contributed by atoms with Crippen molar-refractivity contribution >= 4 is 28.6 Å². The third kappa shape index (κ3) is 6.01. The van der Waals surface area contributed by atoms with Gasteiger partial charge in [-0.3, -0.25) is 25.2 Å². The van der Waals surface area contributed by atoms with Crippen LogP contribution in [0, 0.1) is 0 Å². The van der Waals surface area contributed by atoms with E-state index in [4.69, 9.17) is 9.15 Å². The van der Waals surface area contributed by atoms with Gasteiger partial charge in [0, 0.05) is 23.7 Å². The van der Waals surface area contributed by atoms with Crippen molar-refractivity contribution in [1.29, 1.82) is 0 Å². The van der Waals surface area contributed by atoms with Crippen molar-refractivity contribution in [3.8, 4) is 11.5 Å². The second-order valence-corrected chi connectivity index (χ2v) is 7.21. The van der Waals surface area contributed by atoms with Gasteiger partial charge in [-0.25, -0.2) is 0 Å². The number of benzene rings is 2. The summed E-state index contributed by atoms with van der Waals surface area (Å²) >= 11 is 0. The van der Waals surface area contributed by atoms with Crippen LogP contribution in [-0.2, 0) is 16.1 Å². The fourth-order valence-corrected chi connectivity index (χ4v) is 3.09. The van der Waals surface area contributed by atoms with Crippen LogP contribution >= 0.6 is 0 Å². The van der Waals surface area contributed by atoms with Crippen LogP contribution in [0.3, 0.4) is 0 Å². The van der Waals surface area contributed by atoms with Crippen LogP contribution in [0.2, 0.25) is 0 Å². The average molecular weight is 446 g/mol. The van der Waals surface area contributed by atoms with Gasteiger partial charge in [-0.1, -0.05) is 18.2 Å². The van der Waals surface area contributed by atoms with E-state index in [1.54, 1.807) is 24.3 Å². The Balaban J connectivity index is 1.25. The van der Waals surface area contributed by atoms with Crippen molar-refractivity contribution < 1.29 is 23.5 Å². The van der Waals surface area contributed by atoms with Crippen molar-refractivity contribution in [2.75, 3.05) is 0 Å². The number of carbonyl (C=O) groups excluding carboxylic acids is 3. The van der Waals surface area contributed by atoms with Gasteiger partial charge in [0.25, 0.3) is 5.91 Å². The quantitative estimate of drug-likeness (QED) is 0.309. The number of hydrogen-bond acceptors (Lipinski definition) is 5. The number of carbonyl (C=O) groups is 3. The molecule has 2 aromatic heterocycles. The highest BCUT2D eigenvalue weighted by molar-refractivity contribution is 5.99. The van der Waals surface area contributed by atoms with E-state index >= 15 is 0 Å². The second kappa shape index (κ2) is 10.2. The van der Waals surface area contributed by atoms with Gasteiger partial charge in [-0.15, -0.1) is 0 Å². The van der Waals surface area contributed by atoms with E-state index in [9.17, 15) is 14.4 Å². The number of furan rings is 1. The summed E-state index contributed by atoms with van der Waals surface area (Å²) in [5.41, 5.74) is 5.68. The first-order chi connectivity index (χ1) is 16.1. The summed E-state index contributed by atoms with van der Waals surface area (Å²) in [7, 11) is 0. The highest BCUT2D eigenvalue weighted by Gasteiger charge is 2.12. The Hall–Kier alpha value is -4.53. The summed E-state index contributed by atoms with van der Waals surface area (Å²) in [6.45, 7) is 0.253. The molecule has 0 atom stereocenters. The standard InChI is InChI=1S/C24H22N4O5/c29-22(25-15-19-7-4-12-32-19)10-11-23(30)27-28-24(31)21-14-16-13-18(8-9-20(16)26-21)33-17-5-2-1-3-6-17/h1-9,12-14,26H,10-11,15H2,(H,25,29)(H,27,30)(H,28,31). The number of hydrogen-bond donors (Lipinski definition) is 4. The third-order valence-electron chi connectivity index (χ3n) is 4.75. The first-order valence-corrected chi connectivity index (χ1v) is 10.3. The maximum Gasteiger partial charge on any atom is 0.286 e. The molecule has 0 saturated heterocycles. The number of rotatable bonds is 8. The molecular formula is C24H22N4O5. The molecule has 0 spiro atoms. The Morgan fingerprint density at radius 1 is 0.848 bits per heavy atom. The van der Waals surface area contributed by atoms with E-state index in [1.807, 2.05) is 42.5 Å². The molecule has 4 aromatic rings. The first-order valence-electron chi connectivity index (χ1n) is 10.3. The molecule has 0 aliphatic heterocycles. The number of H-pyrrole nitrogens is 1. The van der Waals surface area contributed by atoms with Gasteiger partial charge in [0.1, 0.15) is 23.0 Å². The lowest BCUT2D eigenvalue weighted by Crippen LogP contribution is -2.42. The SMILES string of the molecule is O=C(CCC(=O)NNC(=O)c1cc2cc(Oc3ccccc3)ccc2[nH]1)NCc1ccco1. The van der Waals surface area contributed by atoms with Crippen LogP contribution in [0.25, 0.3) is 10.9 Å². The number of fused-ring (bicyclic) bond motifs is 1. The molecule has 4 N–H and O–H groups in total. The fourth-order valence-electron chi connectivity index (χ4n) is 3.09. The molecule has 9 heteroatoms. The van der Waals surface area contributed by atoms with E-state index in [1.165, 1.54) is 6.26 Å². The Morgan fingerprint density at radius 3 is 2.45 bits per heavy atom. The van der Waals surface area contributed by atoms with Crippen LogP contribution < -0.4 is 20.9 Å². The molecule has 0 saturated carbocycles. The van der Waals surface area contributed by atoms with Gasteiger partial charge >= 0.3 is 0 Å². The molecule has 0 bridgehead atoms. The lowest BCUT2D eigenvalue weighted by Gasteiger charge is -2.06. The van der Waals surface area contributed by atoms with Crippen molar-refractivity contribution in [1.82, 2.24) is 21.2 Å². The van der Waals surface area contributed by atoms with Crippen LogP contribution in [0.1, 0.15) is 29.1 Å². The second-order valence-electron chi connectivity index (χ2n) is 7.21. The molecule has 4 rings (SSSR count). The smallest absolute Gasteiger partial charge is 0.286 e. The van der Waals surface area contributed by atoms with Gasteiger partial charge in [0.15, 0.2) is 0 Å². The highest BCUT2D eigenvalue weighted by Crippen LogP contribution is 2.26. The lowest BCUT2D eigenvalue weighted by molar-refractivity contribution is -0.126. The summed E-state index contributed by atoms with van der Waals surface area (Å²) in [6, 6.07) is 19.9. The van der Waals surface area contributed by atoms with Gasteiger partial charge in [-0.05, 0) is 48.5 Å². The Labute approximate surface area is 189 Å². The number of para-hydroxylation sites is 1. The molecule has 33 heavy (non-hydrogen) atoms. The maximum absolute atomic E-state index is 12.4. The minimum absolute atomic E-state index is 0.0149. The summed E-state index contributed by atoms with van der Waals surface area (Å²) in [5, 5.41) is 3.44. The third-order valence-corrected chi connectivity index (χ3v) is 4.75. The van der Waals surface area contributed by atoms with Crippen molar-refractivity contribution in [3.63, 3.8) is 0 Å². The molecule has 168 valence electrons. The van der Waals surface area contributed by atoms with E-state index in [0.29, 0.717) is 17.3 Å². The minimum atomic E-state index is -0.507. The molecule has 0 aliphatic rings. The Bertz CT molecular complexity index is 1250. The number of ether oxygens (including phenoxy) is 1. The monoisotopic (exact) mass is 446 g/mol. The summed E-state index contributed by atoms with van der Waals surface area (Å²) < 4.78 is 10.9. The zero-order valence-corrected chi connectivity index (χ0v) is 17.6. The zero-order chi connectivity index (χ0) is 23.0. The number of aromatic nitrogens is 1. The van der Waals surface area contributed by atoms with Gasteiger partial charge in [-0.2, -0.15) is 0 Å². The highest BCUT2D eigenvalue weighted by atomic mass is 16.5. The number of aromatic amines is 1. The van der Waals surface area contributed by atoms with E-state index in [2.05, 4.69) is 21.2 Å². The maximum atomic E-state index is 12.4. The lowest BCUT2D eigenvalue weighted by atomic mass is 10.2. The Kier molecular flexibility index (Phi) is 6.70. The molecule has 0 radical (unpaired) electrons. The van der Waals surface area contributed by atoms with Crippen molar-refractivity contribution in [2.45, 2.75) is 19.4 Å². The molecule has 2 heterocycles. The van der Waals surface area contributed by atoms with E-state index in [0.717, 1.165) is 10.9 Å². The van der Waals surface area contributed by atoms with Gasteiger partial charge in [0.05, 0.1) is 12.8 Å². The van der Waals surface area contributed by atoms with Crippen LogP contribution in [-0.4, -0.2) is 22.7 Å². The largest absolute Gasteiger partial charge is 0.467 e. The predicted octanol–water partition coefficient (Wildman–Crippen LogP) is 3.41. The molecule has 2 aromatic carbocycles. The molecule has 0 aliphatic carbocycles. The topological polar surface area (TPSA) is 125 Å². The summed E-state index contributed by atoms with van der Waals surface area (Å²) in [5.74, 6) is 0.689. The van der Waals surface area contributed by atoms with E-state index < -0.39 is 11.8 Å². The van der Waals surface area contributed by atoms with Crippen LogP contribution in [0.5, 0.6) is 11.5 Å². The minimum Gasteiger partial charge on any atom is -0.467 e. The number of amides is 3. The zero-order valence-electron chi connectivity index (χ0n) is 17.6. The van der Waals surface area contributed by atoms with Crippen molar-refractivity contribution in [2.24, 2.45) is 0 Å². The molecule has 0 fully saturated rings. The van der Waals surface area contributed by atoms with Gasteiger partial charge < -0.3 is 19.5 Å². The number of nitrogens with one attached hydrogen (secondary N) is 4. The van der Waals surface area contributed by atoms with E-state index in [-0.39, 0.29) is 31.0 Å².